The maximum Gasteiger partial charge on any atom is 0.154 e. The van der Waals surface area contributed by atoms with Crippen LogP contribution in [0.5, 0.6) is 0 Å². The molecule has 0 atom stereocenters. The molecular formula is C12H13NO2S. The Bertz CT molecular complexity index is 507. The summed E-state index contributed by atoms with van der Waals surface area (Å²) in [6.07, 6.45) is 2.10. The minimum Gasteiger partial charge on any atom is -0.228 e. The fourth-order valence-corrected chi connectivity index (χ4v) is 3.50. The van der Waals surface area contributed by atoms with Crippen molar-refractivity contribution in [1.82, 2.24) is 0 Å². The van der Waals surface area contributed by atoms with Gasteiger partial charge in [0.05, 0.1) is 23.1 Å². The van der Waals surface area contributed by atoms with Crippen molar-refractivity contribution in [2.45, 2.75) is 18.6 Å². The van der Waals surface area contributed by atoms with Crippen LogP contribution in [0.4, 0.5) is 0 Å². The Morgan fingerprint density at radius 3 is 2.38 bits per heavy atom. The van der Waals surface area contributed by atoms with Crippen molar-refractivity contribution in [3.8, 4) is 6.07 Å². The third-order valence-corrected chi connectivity index (χ3v) is 4.41. The Kier molecular flexibility index (Phi) is 2.97. The minimum absolute atomic E-state index is 0.0925. The minimum atomic E-state index is -2.97. The first-order valence-electron chi connectivity index (χ1n) is 5.28. The highest BCUT2D eigenvalue weighted by Gasteiger charge is 2.27. The molecule has 1 saturated carbocycles. The zero-order valence-corrected chi connectivity index (χ0v) is 9.70. The van der Waals surface area contributed by atoms with Crippen LogP contribution in [-0.4, -0.2) is 14.2 Å². The normalized spacial score (nSPS) is 15.7. The molecule has 1 fully saturated rings. The van der Waals surface area contributed by atoms with Crippen LogP contribution in [0.1, 0.15) is 24.0 Å². The van der Waals surface area contributed by atoms with Gasteiger partial charge in [0, 0.05) is 0 Å². The second-order valence-corrected chi connectivity index (χ2v) is 6.42. The molecule has 1 aromatic carbocycles. The number of hydrogen-bond acceptors (Lipinski definition) is 3. The summed E-state index contributed by atoms with van der Waals surface area (Å²) in [5.41, 5.74) is 1.32. The molecule has 0 N–H and O–H groups in total. The number of hydrogen-bond donors (Lipinski definition) is 0. The van der Waals surface area contributed by atoms with Crippen molar-refractivity contribution in [1.29, 1.82) is 5.26 Å². The van der Waals surface area contributed by atoms with E-state index in [1.165, 1.54) is 0 Å². The van der Waals surface area contributed by atoms with Gasteiger partial charge in [-0.05, 0) is 36.5 Å². The van der Waals surface area contributed by atoms with Crippen LogP contribution in [0.2, 0.25) is 0 Å². The fourth-order valence-electron chi connectivity index (χ4n) is 1.63. The third-order valence-electron chi connectivity index (χ3n) is 2.66. The summed E-state index contributed by atoms with van der Waals surface area (Å²) < 4.78 is 23.5. The van der Waals surface area contributed by atoms with Gasteiger partial charge < -0.3 is 0 Å². The van der Waals surface area contributed by atoms with Crippen molar-refractivity contribution in [2.24, 2.45) is 5.92 Å². The van der Waals surface area contributed by atoms with Gasteiger partial charge in [-0.1, -0.05) is 12.1 Å². The summed E-state index contributed by atoms with van der Waals surface area (Å²) in [4.78, 5) is 0. The van der Waals surface area contributed by atoms with Gasteiger partial charge in [0.15, 0.2) is 9.84 Å². The summed E-state index contributed by atoms with van der Waals surface area (Å²) in [5.74, 6) is 0.797. The van der Waals surface area contributed by atoms with E-state index >= 15 is 0 Å². The molecule has 4 heteroatoms. The van der Waals surface area contributed by atoms with E-state index in [0.717, 1.165) is 18.4 Å². The first-order valence-corrected chi connectivity index (χ1v) is 7.11. The van der Waals surface area contributed by atoms with E-state index in [1.807, 2.05) is 6.07 Å². The topological polar surface area (TPSA) is 57.9 Å². The lowest BCUT2D eigenvalue weighted by molar-refractivity contribution is 0.591. The summed E-state index contributed by atoms with van der Waals surface area (Å²) in [5, 5.41) is 8.62. The van der Waals surface area contributed by atoms with Gasteiger partial charge in [-0.3, -0.25) is 0 Å². The molecule has 0 heterocycles. The van der Waals surface area contributed by atoms with Crippen LogP contribution >= 0.6 is 0 Å². The largest absolute Gasteiger partial charge is 0.228 e. The monoisotopic (exact) mass is 235 g/mol. The van der Waals surface area contributed by atoms with Crippen LogP contribution in [0.25, 0.3) is 0 Å². The van der Waals surface area contributed by atoms with E-state index in [4.69, 9.17) is 5.26 Å². The van der Waals surface area contributed by atoms with Crippen LogP contribution < -0.4 is 0 Å². The SMILES string of the molecule is N#Cc1ccc(CS(=O)(=O)CC2CC2)cc1. The Morgan fingerprint density at radius 1 is 1.25 bits per heavy atom. The van der Waals surface area contributed by atoms with Crippen LogP contribution in [-0.2, 0) is 15.6 Å². The number of benzene rings is 1. The van der Waals surface area contributed by atoms with E-state index in [-0.39, 0.29) is 5.75 Å². The molecule has 0 aromatic heterocycles. The zero-order chi connectivity index (χ0) is 11.6. The lowest BCUT2D eigenvalue weighted by Gasteiger charge is -2.03. The van der Waals surface area contributed by atoms with Crippen molar-refractivity contribution in [3.63, 3.8) is 0 Å². The van der Waals surface area contributed by atoms with Gasteiger partial charge in [0.1, 0.15) is 0 Å². The lowest BCUT2D eigenvalue weighted by Crippen LogP contribution is -2.10. The molecule has 0 bridgehead atoms. The van der Waals surface area contributed by atoms with E-state index in [0.29, 0.717) is 17.2 Å². The fraction of sp³-hybridized carbons (Fsp3) is 0.417. The lowest BCUT2D eigenvalue weighted by atomic mass is 10.2. The number of nitriles is 1. The highest BCUT2D eigenvalue weighted by atomic mass is 32.2. The Balaban J connectivity index is 2.05. The zero-order valence-electron chi connectivity index (χ0n) is 8.89. The first kappa shape index (κ1) is 11.2. The molecule has 2 rings (SSSR count). The van der Waals surface area contributed by atoms with E-state index < -0.39 is 9.84 Å². The number of nitrogens with zero attached hydrogens (tertiary/aromatic N) is 1. The molecule has 1 aliphatic rings. The maximum absolute atomic E-state index is 11.7. The molecule has 3 nitrogen and oxygen atoms in total. The Labute approximate surface area is 95.6 Å². The third kappa shape index (κ3) is 3.07. The molecule has 0 unspecified atom stereocenters. The van der Waals surface area contributed by atoms with Crippen molar-refractivity contribution in [3.05, 3.63) is 35.4 Å². The van der Waals surface area contributed by atoms with Gasteiger partial charge >= 0.3 is 0 Å². The summed E-state index contributed by atoms with van der Waals surface area (Å²) >= 11 is 0. The molecule has 0 spiro atoms. The van der Waals surface area contributed by atoms with Crippen molar-refractivity contribution < 1.29 is 8.42 Å². The molecular weight excluding hydrogens is 222 g/mol. The van der Waals surface area contributed by atoms with Gasteiger partial charge in [0.25, 0.3) is 0 Å². The molecule has 0 saturated heterocycles. The van der Waals surface area contributed by atoms with Crippen molar-refractivity contribution >= 4 is 9.84 Å². The van der Waals surface area contributed by atoms with E-state index in [1.54, 1.807) is 24.3 Å². The molecule has 0 radical (unpaired) electrons. The van der Waals surface area contributed by atoms with Crippen LogP contribution in [0.3, 0.4) is 0 Å². The molecule has 0 amide bonds. The van der Waals surface area contributed by atoms with Gasteiger partial charge in [0.2, 0.25) is 0 Å². The van der Waals surface area contributed by atoms with Crippen molar-refractivity contribution in [2.75, 3.05) is 5.75 Å². The number of rotatable bonds is 4. The van der Waals surface area contributed by atoms with E-state index in [2.05, 4.69) is 0 Å². The van der Waals surface area contributed by atoms with E-state index in [9.17, 15) is 8.42 Å². The molecule has 84 valence electrons. The maximum atomic E-state index is 11.7. The highest BCUT2D eigenvalue weighted by molar-refractivity contribution is 7.90. The summed E-state index contributed by atoms with van der Waals surface area (Å²) in [7, 11) is -2.97. The molecule has 16 heavy (non-hydrogen) atoms. The Morgan fingerprint density at radius 2 is 1.88 bits per heavy atom. The second-order valence-electron chi connectivity index (χ2n) is 4.31. The quantitative estimate of drug-likeness (QED) is 0.800. The molecule has 1 aliphatic carbocycles. The second kappa shape index (κ2) is 4.26. The summed E-state index contributed by atoms with van der Waals surface area (Å²) in [6, 6.07) is 8.74. The predicted molar refractivity (Wildman–Crippen MR) is 61.4 cm³/mol. The van der Waals surface area contributed by atoms with Gasteiger partial charge in [-0.15, -0.1) is 0 Å². The smallest absolute Gasteiger partial charge is 0.154 e. The van der Waals surface area contributed by atoms with Gasteiger partial charge in [-0.2, -0.15) is 5.26 Å². The van der Waals surface area contributed by atoms with Crippen LogP contribution in [0.15, 0.2) is 24.3 Å². The van der Waals surface area contributed by atoms with Gasteiger partial charge in [-0.25, -0.2) is 8.42 Å². The standard InChI is InChI=1S/C12H13NO2S/c13-7-10-1-3-11(4-2-10)8-16(14,15)9-12-5-6-12/h1-4,12H,5-6,8-9H2. The average molecular weight is 235 g/mol. The average Bonchev–Trinajstić information content (AvgIpc) is 3.01. The predicted octanol–water partition coefficient (Wildman–Crippen LogP) is 1.88. The van der Waals surface area contributed by atoms with Crippen LogP contribution in [0, 0.1) is 17.2 Å². The highest BCUT2D eigenvalue weighted by Crippen LogP contribution is 2.31. The first-order chi connectivity index (χ1) is 7.59. The number of sulfone groups is 1. The molecule has 0 aliphatic heterocycles. The molecule has 1 aromatic rings. The summed E-state index contributed by atoms with van der Waals surface area (Å²) in [6.45, 7) is 0. The Hall–Kier alpha value is -1.34.